The highest BCUT2D eigenvalue weighted by Gasteiger charge is 2.41. The molecular weight excluding hydrogens is 480 g/mol. The summed E-state index contributed by atoms with van der Waals surface area (Å²) in [4.78, 5) is 42.8. The molecule has 2 bridgehead atoms. The van der Waals surface area contributed by atoms with E-state index in [1.165, 1.54) is 0 Å². The van der Waals surface area contributed by atoms with Gasteiger partial charge in [-0.2, -0.15) is 5.10 Å². The van der Waals surface area contributed by atoms with E-state index in [1.807, 2.05) is 30.6 Å². The Bertz CT molecular complexity index is 1680. The number of aromatic amines is 1. The van der Waals surface area contributed by atoms with Crippen LogP contribution in [0.15, 0.2) is 67.5 Å². The third-order valence-corrected chi connectivity index (χ3v) is 7.67. The van der Waals surface area contributed by atoms with Crippen LogP contribution in [0.1, 0.15) is 33.6 Å². The fraction of sp³-hybridized carbons (Fsp3) is 0.250. The summed E-state index contributed by atoms with van der Waals surface area (Å²) in [6.07, 6.45) is 12.3. The molecule has 7 heterocycles. The van der Waals surface area contributed by atoms with Crippen molar-refractivity contribution >= 4 is 34.1 Å². The SMILES string of the molecule is CN1CC2CCC(C1)N2C(=O)c1cnc2[nH]cc(-c3ccn4ncc(C(=O)Nc5cccnc5)c4c3)c2c1. The van der Waals surface area contributed by atoms with E-state index >= 15 is 0 Å². The van der Waals surface area contributed by atoms with Gasteiger partial charge in [0.05, 0.1) is 34.7 Å². The van der Waals surface area contributed by atoms with Gasteiger partial charge in [-0.3, -0.25) is 14.6 Å². The molecule has 2 aliphatic rings. The number of amides is 2. The first-order chi connectivity index (χ1) is 18.5. The normalized spacial score (nSPS) is 19.3. The predicted molar refractivity (Wildman–Crippen MR) is 143 cm³/mol. The van der Waals surface area contributed by atoms with Crippen molar-refractivity contribution in [2.45, 2.75) is 24.9 Å². The first-order valence-electron chi connectivity index (χ1n) is 12.7. The van der Waals surface area contributed by atoms with Gasteiger partial charge >= 0.3 is 0 Å². The summed E-state index contributed by atoms with van der Waals surface area (Å²) in [5, 5.41) is 8.08. The molecule has 190 valence electrons. The van der Waals surface area contributed by atoms with E-state index < -0.39 is 0 Å². The molecule has 2 saturated heterocycles. The maximum Gasteiger partial charge on any atom is 0.259 e. The first kappa shape index (κ1) is 22.6. The van der Waals surface area contributed by atoms with Crippen molar-refractivity contribution in [1.82, 2.24) is 34.4 Å². The molecule has 5 aromatic heterocycles. The molecule has 2 aliphatic heterocycles. The third kappa shape index (κ3) is 3.72. The van der Waals surface area contributed by atoms with Gasteiger partial charge in [0.2, 0.25) is 0 Å². The van der Waals surface area contributed by atoms with Crippen LogP contribution in [0.4, 0.5) is 5.69 Å². The van der Waals surface area contributed by atoms with Crippen molar-refractivity contribution in [2.24, 2.45) is 0 Å². The topological polar surface area (TPSA) is 112 Å². The standard InChI is InChI=1S/C28H26N8O2/c1-34-15-20-4-5-21(16-34)36(20)28(38)18-9-22-23(13-31-26(22)30-11-18)17-6-8-35-25(10-17)24(14-32-35)27(37)33-19-3-2-7-29-12-19/h2-3,6-14,20-21H,4-5,15-16H2,1H3,(H,30,31)(H,33,37). The largest absolute Gasteiger partial charge is 0.346 e. The molecule has 0 aliphatic carbocycles. The maximum atomic E-state index is 13.6. The van der Waals surface area contributed by atoms with Crippen LogP contribution in [-0.2, 0) is 0 Å². The zero-order valence-electron chi connectivity index (χ0n) is 20.8. The number of pyridine rings is 3. The van der Waals surface area contributed by atoms with E-state index in [0.717, 1.165) is 42.4 Å². The van der Waals surface area contributed by atoms with Crippen LogP contribution in [0.3, 0.4) is 0 Å². The quantitative estimate of drug-likeness (QED) is 0.386. The molecule has 10 heteroatoms. The van der Waals surface area contributed by atoms with Gasteiger partial charge in [-0.15, -0.1) is 0 Å². The number of rotatable bonds is 4. The lowest BCUT2D eigenvalue weighted by molar-refractivity contribution is 0.0472. The van der Waals surface area contributed by atoms with Gasteiger partial charge in [0.1, 0.15) is 5.65 Å². The van der Waals surface area contributed by atoms with Gasteiger partial charge in [-0.25, -0.2) is 9.50 Å². The average Bonchev–Trinajstić information content (AvgIpc) is 3.62. The Morgan fingerprint density at radius 2 is 1.92 bits per heavy atom. The second-order valence-corrected chi connectivity index (χ2v) is 10.1. The number of carbonyl (C=O) groups excluding carboxylic acids is 2. The minimum atomic E-state index is -0.263. The zero-order valence-corrected chi connectivity index (χ0v) is 20.8. The van der Waals surface area contributed by atoms with Crippen molar-refractivity contribution in [1.29, 1.82) is 0 Å². The summed E-state index contributed by atoms with van der Waals surface area (Å²) in [5.41, 5.74) is 4.85. The number of aromatic nitrogens is 5. The molecule has 10 nitrogen and oxygen atoms in total. The molecule has 0 saturated carbocycles. The van der Waals surface area contributed by atoms with Crippen LogP contribution < -0.4 is 5.32 Å². The van der Waals surface area contributed by atoms with Crippen LogP contribution >= 0.6 is 0 Å². The third-order valence-electron chi connectivity index (χ3n) is 7.67. The smallest absolute Gasteiger partial charge is 0.259 e. The number of piperazine rings is 1. The number of anilines is 1. The summed E-state index contributed by atoms with van der Waals surface area (Å²) in [6, 6.07) is 9.88. The van der Waals surface area contributed by atoms with Crippen molar-refractivity contribution in [3.8, 4) is 11.1 Å². The first-order valence-corrected chi connectivity index (χ1v) is 12.7. The van der Waals surface area contributed by atoms with Crippen molar-refractivity contribution in [3.63, 3.8) is 0 Å². The van der Waals surface area contributed by atoms with Gasteiger partial charge < -0.3 is 20.1 Å². The van der Waals surface area contributed by atoms with Crippen LogP contribution in [-0.4, -0.2) is 78.4 Å². The van der Waals surface area contributed by atoms with Crippen LogP contribution in [0.2, 0.25) is 0 Å². The number of likely N-dealkylation sites (N-methyl/N-ethyl adjacent to an activating group) is 1. The molecule has 2 N–H and O–H groups in total. The van der Waals surface area contributed by atoms with Gasteiger partial charge in [0.25, 0.3) is 11.8 Å². The Kier molecular flexibility index (Phi) is 5.22. The van der Waals surface area contributed by atoms with Crippen molar-refractivity contribution in [2.75, 3.05) is 25.5 Å². The molecule has 5 aromatic rings. The van der Waals surface area contributed by atoms with E-state index in [-0.39, 0.29) is 23.9 Å². The van der Waals surface area contributed by atoms with Crippen LogP contribution in [0.25, 0.3) is 27.7 Å². The molecular formula is C28H26N8O2. The Labute approximate surface area is 218 Å². The predicted octanol–water partition coefficient (Wildman–Crippen LogP) is 3.44. The summed E-state index contributed by atoms with van der Waals surface area (Å²) >= 11 is 0. The number of hydrogen-bond donors (Lipinski definition) is 2. The van der Waals surface area contributed by atoms with Gasteiger partial charge in [-0.05, 0) is 55.8 Å². The molecule has 2 unspecified atom stereocenters. The maximum absolute atomic E-state index is 13.6. The number of fused-ring (bicyclic) bond motifs is 4. The molecule has 0 spiro atoms. The molecule has 2 amide bonds. The lowest BCUT2D eigenvalue weighted by Crippen LogP contribution is -2.54. The monoisotopic (exact) mass is 506 g/mol. The Morgan fingerprint density at radius 3 is 2.71 bits per heavy atom. The number of nitrogens with one attached hydrogen (secondary N) is 2. The van der Waals surface area contributed by atoms with E-state index in [4.69, 9.17) is 0 Å². The summed E-state index contributed by atoms with van der Waals surface area (Å²) in [6.45, 7) is 1.82. The Hall–Kier alpha value is -4.57. The highest BCUT2D eigenvalue weighted by molar-refractivity contribution is 6.09. The molecule has 0 aromatic carbocycles. The fourth-order valence-corrected chi connectivity index (χ4v) is 5.91. The molecule has 2 atom stereocenters. The molecule has 0 radical (unpaired) electrons. The van der Waals surface area contributed by atoms with E-state index in [9.17, 15) is 9.59 Å². The number of nitrogens with zero attached hydrogens (tertiary/aromatic N) is 6. The van der Waals surface area contributed by atoms with Gasteiger partial charge in [0, 0.05) is 60.9 Å². The molecule has 7 rings (SSSR count). The van der Waals surface area contributed by atoms with Gasteiger partial charge in [0.15, 0.2) is 0 Å². The number of hydrogen-bond acceptors (Lipinski definition) is 6. The summed E-state index contributed by atoms with van der Waals surface area (Å²) in [5.74, 6) is -0.215. The van der Waals surface area contributed by atoms with Crippen LogP contribution in [0, 0.1) is 0 Å². The fourth-order valence-electron chi connectivity index (χ4n) is 5.91. The Balaban J connectivity index is 1.23. The Morgan fingerprint density at radius 1 is 1.08 bits per heavy atom. The summed E-state index contributed by atoms with van der Waals surface area (Å²) in [7, 11) is 2.12. The minimum Gasteiger partial charge on any atom is -0.346 e. The van der Waals surface area contributed by atoms with E-state index in [1.54, 1.807) is 41.4 Å². The number of likely N-dealkylation sites (tertiary alicyclic amines) is 1. The number of carbonyl (C=O) groups is 2. The van der Waals surface area contributed by atoms with Crippen molar-refractivity contribution in [3.05, 3.63) is 78.6 Å². The molecule has 2 fully saturated rings. The average molecular weight is 507 g/mol. The van der Waals surface area contributed by atoms with E-state index in [2.05, 4.69) is 42.2 Å². The van der Waals surface area contributed by atoms with Crippen molar-refractivity contribution < 1.29 is 9.59 Å². The number of H-pyrrole nitrogens is 1. The zero-order chi connectivity index (χ0) is 25.8. The van der Waals surface area contributed by atoms with Gasteiger partial charge in [-0.1, -0.05) is 0 Å². The lowest BCUT2D eigenvalue weighted by Gasteiger charge is -2.39. The lowest BCUT2D eigenvalue weighted by atomic mass is 10.0. The summed E-state index contributed by atoms with van der Waals surface area (Å²) < 4.78 is 1.67. The highest BCUT2D eigenvalue weighted by atomic mass is 16.2. The van der Waals surface area contributed by atoms with E-state index in [0.29, 0.717) is 28.0 Å². The molecule has 38 heavy (non-hydrogen) atoms. The minimum absolute atomic E-state index is 0.0488. The second-order valence-electron chi connectivity index (χ2n) is 10.1. The highest BCUT2D eigenvalue weighted by Crippen LogP contribution is 2.33. The van der Waals surface area contributed by atoms with Crippen LogP contribution in [0.5, 0.6) is 0 Å². The second kappa shape index (κ2) is 8.77.